The van der Waals surface area contributed by atoms with Crippen molar-refractivity contribution in [3.8, 4) is 0 Å². The lowest BCUT2D eigenvalue weighted by Gasteiger charge is -2.29. The fraction of sp³-hybridized carbons (Fsp3) is 0.636. The molecule has 3 amide bonds. The summed E-state index contributed by atoms with van der Waals surface area (Å²) in [4.78, 5) is 31.3. The first-order valence-electron chi connectivity index (χ1n) is 10.8. The number of amides is 3. The highest BCUT2D eigenvalue weighted by molar-refractivity contribution is 6.03. The molecule has 150 valence electrons. The van der Waals surface area contributed by atoms with Crippen molar-refractivity contribution in [1.82, 2.24) is 9.80 Å². The number of fused-ring (bicyclic) bond motifs is 1. The number of carbonyl (C=O) groups excluding carboxylic acids is 2. The Balaban J connectivity index is 1.39. The Bertz CT molecular complexity index is 767. The third kappa shape index (κ3) is 2.89. The number of hydrogen-bond acceptors (Lipinski definition) is 3. The van der Waals surface area contributed by atoms with E-state index in [2.05, 4.69) is 17.0 Å². The quantitative estimate of drug-likeness (QED) is 0.850. The monoisotopic (exact) mass is 382 g/mol. The van der Waals surface area contributed by atoms with E-state index in [0.29, 0.717) is 5.41 Å². The molecule has 2 N–H and O–H groups in total. The fourth-order valence-electron chi connectivity index (χ4n) is 5.57. The van der Waals surface area contributed by atoms with Gasteiger partial charge in [-0.15, -0.1) is 0 Å². The Labute approximate surface area is 166 Å². The summed E-state index contributed by atoms with van der Waals surface area (Å²) in [5, 5.41) is 0. The maximum atomic E-state index is 13.0. The van der Waals surface area contributed by atoms with Crippen LogP contribution in [0.2, 0.25) is 0 Å². The number of piperidine rings is 1. The van der Waals surface area contributed by atoms with Gasteiger partial charge >= 0.3 is 6.03 Å². The number of carbonyl (C=O) groups is 2. The maximum absolute atomic E-state index is 13.0. The number of likely N-dealkylation sites (tertiary alicyclic amines) is 1. The van der Waals surface area contributed by atoms with Gasteiger partial charge in [-0.3, -0.25) is 9.69 Å². The lowest BCUT2D eigenvalue weighted by atomic mass is 9.94. The summed E-state index contributed by atoms with van der Waals surface area (Å²) in [7, 11) is 0. The zero-order valence-corrected chi connectivity index (χ0v) is 16.5. The molecule has 2 atom stereocenters. The fourth-order valence-corrected chi connectivity index (χ4v) is 5.57. The van der Waals surface area contributed by atoms with Crippen molar-refractivity contribution in [1.29, 1.82) is 0 Å². The molecule has 0 bridgehead atoms. The summed E-state index contributed by atoms with van der Waals surface area (Å²) in [6.45, 7) is 4.31. The van der Waals surface area contributed by atoms with Gasteiger partial charge < -0.3 is 15.5 Å². The van der Waals surface area contributed by atoms with Gasteiger partial charge in [0.25, 0.3) is 0 Å². The van der Waals surface area contributed by atoms with Gasteiger partial charge in [-0.25, -0.2) is 4.79 Å². The Kier molecular flexibility index (Phi) is 4.34. The highest BCUT2D eigenvalue weighted by Gasteiger charge is 2.50. The second-order valence-corrected chi connectivity index (χ2v) is 9.07. The molecule has 3 aliphatic heterocycles. The third-order valence-electron chi connectivity index (χ3n) is 7.27. The van der Waals surface area contributed by atoms with Crippen molar-refractivity contribution in [3.63, 3.8) is 0 Å². The van der Waals surface area contributed by atoms with Crippen LogP contribution in [-0.4, -0.2) is 60.0 Å². The largest absolute Gasteiger partial charge is 0.368 e. The van der Waals surface area contributed by atoms with Crippen LogP contribution in [0.5, 0.6) is 0 Å². The van der Waals surface area contributed by atoms with Crippen LogP contribution in [0.3, 0.4) is 0 Å². The van der Waals surface area contributed by atoms with Crippen molar-refractivity contribution >= 4 is 17.6 Å². The summed E-state index contributed by atoms with van der Waals surface area (Å²) >= 11 is 0. The molecule has 4 aliphatic rings. The molecule has 0 radical (unpaired) electrons. The van der Waals surface area contributed by atoms with Crippen LogP contribution in [0.4, 0.5) is 10.5 Å². The number of hydrogen-bond donors (Lipinski definition) is 1. The van der Waals surface area contributed by atoms with Crippen LogP contribution in [0.25, 0.3) is 0 Å². The number of primary amides is 1. The van der Waals surface area contributed by atoms with Crippen molar-refractivity contribution < 1.29 is 9.59 Å². The van der Waals surface area contributed by atoms with Gasteiger partial charge in [0.15, 0.2) is 0 Å². The molecule has 1 aromatic rings. The Morgan fingerprint density at radius 1 is 1.04 bits per heavy atom. The van der Waals surface area contributed by atoms with Crippen LogP contribution >= 0.6 is 0 Å². The van der Waals surface area contributed by atoms with Gasteiger partial charge in [0.2, 0.25) is 5.91 Å². The van der Waals surface area contributed by atoms with E-state index in [0.717, 1.165) is 38.0 Å². The number of nitrogens with zero attached hydrogens (tertiary/aromatic N) is 3. The molecule has 4 fully saturated rings. The van der Waals surface area contributed by atoms with Crippen molar-refractivity contribution in [2.75, 3.05) is 31.1 Å². The molecule has 0 aromatic heterocycles. The smallest absolute Gasteiger partial charge is 0.325 e. The Morgan fingerprint density at radius 2 is 1.71 bits per heavy atom. The number of urea groups is 1. The zero-order valence-electron chi connectivity index (χ0n) is 16.5. The lowest BCUT2D eigenvalue weighted by Crippen LogP contribution is -2.48. The molecule has 6 nitrogen and oxygen atoms in total. The van der Waals surface area contributed by atoms with E-state index in [1.54, 1.807) is 4.90 Å². The van der Waals surface area contributed by atoms with Gasteiger partial charge in [0, 0.05) is 24.2 Å². The van der Waals surface area contributed by atoms with Gasteiger partial charge in [-0.1, -0.05) is 12.1 Å². The predicted molar refractivity (Wildman–Crippen MR) is 108 cm³/mol. The van der Waals surface area contributed by atoms with Crippen LogP contribution in [0, 0.1) is 0 Å². The van der Waals surface area contributed by atoms with E-state index >= 15 is 0 Å². The molecule has 3 heterocycles. The van der Waals surface area contributed by atoms with Gasteiger partial charge in [-0.05, 0) is 75.7 Å². The standard InChI is InChI=1S/C22H30N4O2/c23-20(27)19-18-5-1-2-14-25(18)21(28)26(19)17-8-6-16(7-9-17)22(10-11-22)15-24-12-3-4-13-24/h6-9,18-19H,1-5,10-15H2,(H2,23,27)/t18-,19?/m1/s1. The van der Waals surface area contributed by atoms with Crippen molar-refractivity contribution in [3.05, 3.63) is 29.8 Å². The van der Waals surface area contributed by atoms with Crippen LogP contribution in [-0.2, 0) is 10.2 Å². The Morgan fingerprint density at radius 3 is 2.36 bits per heavy atom. The summed E-state index contributed by atoms with van der Waals surface area (Å²) in [5.41, 5.74) is 8.18. The average molecular weight is 383 g/mol. The first kappa shape index (κ1) is 18.0. The summed E-state index contributed by atoms with van der Waals surface area (Å²) in [6, 6.07) is 7.67. The second-order valence-electron chi connectivity index (χ2n) is 9.07. The molecule has 6 heteroatoms. The molecule has 28 heavy (non-hydrogen) atoms. The average Bonchev–Trinajstić information content (AvgIpc) is 3.17. The molecular weight excluding hydrogens is 352 g/mol. The third-order valence-corrected chi connectivity index (χ3v) is 7.27. The molecule has 0 spiro atoms. The normalized spacial score (nSPS) is 29.2. The first-order valence-corrected chi connectivity index (χ1v) is 10.8. The highest BCUT2D eigenvalue weighted by Crippen LogP contribution is 2.49. The van der Waals surface area contributed by atoms with Gasteiger partial charge in [-0.2, -0.15) is 0 Å². The van der Waals surface area contributed by atoms with Gasteiger partial charge in [0.05, 0.1) is 6.04 Å². The van der Waals surface area contributed by atoms with E-state index in [1.165, 1.54) is 44.3 Å². The molecular formula is C22H30N4O2. The summed E-state index contributed by atoms with van der Waals surface area (Å²) in [5.74, 6) is -0.403. The predicted octanol–water partition coefficient (Wildman–Crippen LogP) is 2.46. The highest BCUT2D eigenvalue weighted by atomic mass is 16.2. The SMILES string of the molecule is NC(=O)C1[C@H]2CCCCN2C(=O)N1c1ccc(C2(CN3CCCC3)CC2)cc1. The van der Waals surface area contributed by atoms with E-state index in [9.17, 15) is 9.59 Å². The van der Waals surface area contributed by atoms with E-state index < -0.39 is 11.9 Å². The molecule has 1 aromatic carbocycles. The van der Waals surface area contributed by atoms with Crippen LogP contribution in [0.15, 0.2) is 24.3 Å². The minimum atomic E-state index is -0.557. The summed E-state index contributed by atoms with van der Waals surface area (Å²) < 4.78 is 0. The molecule has 3 saturated heterocycles. The number of benzene rings is 1. The number of rotatable bonds is 5. The molecule has 5 rings (SSSR count). The minimum absolute atomic E-state index is 0.0700. The van der Waals surface area contributed by atoms with E-state index in [4.69, 9.17) is 5.73 Å². The van der Waals surface area contributed by atoms with E-state index in [1.807, 2.05) is 17.0 Å². The second kappa shape index (κ2) is 6.76. The molecule has 1 unspecified atom stereocenters. The lowest BCUT2D eigenvalue weighted by molar-refractivity contribution is -0.119. The topological polar surface area (TPSA) is 69.9 Å². The first-order chi connectivity index (χ1) is 13.6. The number of nitrogens with two attached hydrogens (primary N) is 1. The maximum Gasteiger partial charge on any atom is 0.325 e. The van der Waals surface area contributed by atoms with Crippen LogP contribution in [0.1, 0.15) is 50.5 Å². The van der Waals surface area contributed by atoms with Crippen LogP contribution < -0.4 is 10.6 Å². The van der Waals surface area contributed by atoms with E-state index in [-0.39, 0.29) is 12.1 Å². The molecule has 1 aliphatic carbocycles. The summed E-state index contributed by atoms with van der Waals surface area (Å²) in [6.07, 6.45) is 8.02. The zero-order chi connectivity index (χ0) is 19.3. The Hall–Kier alpha value is -2.08. The van der Waals surface area contributed by atoms with Gasteiger partial charge in [0.1, 0.15) is 6.04 Å². The molecule has 1 saturated carbocycles. The minimum Gasteiger partial charge on any atom is -0.368 e. The van der Waals surface area contributed by atoms with Crippen molar-refractivity contribution in [2.45, 2.75) is 62.4 Å². The number of anilines is 1. The van der Waals surface area contributed by atoms with Crippen molar-refractivity contribution in [2.24, 2.45) is 5.73 Å².